The van der Waals surface area contributed by atoms with E-state index in [0.717, 1.165) is 12.8 Å². The number of imidazole rings is 1. The van der Waals surface area contributed by atoms with Crippen molar-refractivity contribution < 1.29 is 5.11 Å². The molecule has 3 fully saturated rings. The lowest BCUT2D eigenvalue weighted by Gasteiger charge is -2.44. The van der Waals surface area contributed by atoms with Crippen LogP contribution in [0.5, 0.6) is 0 Å². The van der Waals surface area contributed by atoms with E-state index >= 15 is 0 Å². The van der Waals surface area contributed by atoms with Crippen LogP contribution in [0, 0.1) is 5.41 Å². The summed E-state index contributed by atoms with van der Waals surface area (Å²) in [4.78, 5) is 4.61. The Balaban J connectivity index is 1.70. The lowest BCUT2D eigenvalue weighted by molar-refractivity contribution is 0.0164. The van der Waals surface area contributed by atoms with E-state index in [9.17, 15) is 5.11 Å². The minimum atomic E-state index is -0.106. The molecule has 19 heavy (non-hydrogen) atoms. The molecule has 0 aliphatic heterocycles. The molecule has 3 nitrogen and oxygen atoms in total. The van der Waals surface area contributed by atoms with Crippen molar-refractivity contribution in [3.8, 4) is 0 Å². The largest absolute Gasteiger partial charge is 0.393 e. The molecule has 1 aromatic rings. The average molecular weight is 260 g/mol. The second kappa shape index (κ2) is 4.34. The minimum Gasteiger partial charge on any atom is -0.393 e. The van der Waals surface area contributed by atoms with Gasteiger partial charge >= 0.3 is 0 Å². The van der Waals surface area contributed by atoms with Crippen molar-refractivity contribution in [3.63, 3.8) is 0 Å². The Bertz CT molecular complexity index is 457. The Hall–Kier alpha value is -0.830. The SMILES string of the molecule is OC1CCC2(CCCC2)C(n2ccnc2C2CC2)C1. The molecular weight excluding hydrogens is 236 g/mol. The summed E-state index contributed by atoms with van der Waals surface area (Å²) >= 11 is 0. The van der Waals surface area contributed by atoms with Crippen LogP contribution in [-0.4, -0.2) is 20.8 Å². The van der Waals surface area contributed by atoms with E-state index in [1.165, 1.54) is 50.8 Å². The molecule has 0 amide bonds. The first kappa shape index (κ1) is 12.0. The molecule has 1 aromatic heterocycles. The summed E-state index contributed by atoms with van der Waals surface area (Å²) in [5.74, 6) is 2.00. The fourth-order valence-electron chi connectivity index (χ4n) is 4.56. The van der Waals surface area contributed by atoms with Crippen LogP contribution in [0.3, 0.4) is 0 Å². The zero-order valence-corrected chi connectivity index (χ0v) is 11.6. The van der Waals surface area contributed by atoms with Gasteiger partial charge in [0.15, 0.2) is 0 Å². The van der Waals surface area contributed by atoms with Crippen molar-refractivity contribution in [3.05, 3.63) is 18.2 Å². The summed E-state index contributed by atoms with van der Waals surface area (Å²) in [6.45, 7) is 0. The average Bonchev–Trinajstić information content (AvgIpc) is 2.98. The van der Waals surface area contributed by atoms with E-state index in [4.69, 9.17) is 0 Å². The Morgan fingerprint density at radius 1 is 1.16 bits per heavy atom. The van der Waals surface area contributed by atoms with E-state index in [2.05, 4.69) is 15.7 Å². The van der Waals surface area contributed by atoms with Crippen LogP contribution in [-0.2, 0) is 0 Å². The van der Waals surface area contributed by atoms with Gasteiger partial charge in [-0.15, -0.1) is 0 Å². The predicted molar refractivity (Wildman–Crippen MR) is 74.0 cm³/mol. The molecule has 1 heterocycles. The molecule has 2 unspecified atom stereocenters. The van der Waals surface area contributed by atoms with Gasteiger partial charge in [-0.2, -0.15) is 0 Å². The number of nitrogens with zero attached hydrogens (tertiary/aromatic N) is 2. The van der Waals surface area contributed by atoms with Gasteiger partial charge in [0.05, 0.1) is 6.10 Å². The summed E-state index contributed by atoms with van der Waals surface area (Å²) in [6.07, 6.45) is 15.3. The van der Waals surface area contributed by atoms with Crippen LogP contribution in [0.2, 0.25) is 0 Å². The molecule has 3 saturated carbocycles. The molecule has 3 heteroatoms. The van der Waals surface area contributed by atoms with Gasteiger partial charge in [-0.3, -0.25) is 0 Å². The summed E-state index contributed by atoms with van der Waals surface area (Å²) in [6, 6.07) is 0.497. The predicted octanol–water partition coefficient (Wildman–Crippen LogP) is 3.41. The molecule has 4 rings (SSSR count). The van der Waals surface area contributed by atoms with Gasteiger partial charge in [0.25, 0.3) is 0 Å². The molecule has 0 saturated heterocycles. The van der Waals surface area contributed by atoms with Crippen LogP contribution in [0.4, 0.5) is 0 Å². The first-order chi connectivity index (χ1) is 9.28. The maximum Gasteiger partial charge on any atom is 0.112 e. The summed E-state index contributed by atoms with van der Waals surface area (Å²) < 4.78 is 2.45. The van der Waals surface area contributed by atoms with Crippen molar-refractivity contribution in [1.29, 1.82) is 0 Å². The molecule has 3 aliphatic rings. The van der Waals surface area contributed by atoms with Crippen LogP contribution in [0.15, 0.2) is 12.4 Å². The third-order valence-electron chi connectivity index (χ3n) is 5.75. The Morgan fingerprint density at radius 2 is 1.95 bits per heavy atom. The molecule has 0 aromatic carbocycles. The summed E-state index contributed by atoms with van der Waals surface area (Å²) in [5.41, 5.74) is 0.462. The standard InChI is InChI=1S/C16H24N2O/c19-13-5-8-16(6-1-2-7-16)14(11-13)18-10-9-17-15(18)12-3-4-12/h9-10,12-14,19H,1-8,11H2. The highest BCUT2D eigenvalue weighted by Crippen LogP contribution is 2.55. The van der Waals surface area contributed by atoms with E-state index in [1.54, 1.807) is 0 Å². The van der Waals surface area contributed by atoms with Crippen molar-refractivity contribution in [2.24, 2.45) is 5.41 Å². The van der Waals surface area contributed by atoms with Gasteiger partial charge in [0.1, 0.15) is 5.82 Å². The van der Waals surface area contributed by atoms with Gasteiger partial charge in [0, 0.05) is 24.4 Å². The van der Waals surface area contributed by atoms with E-state index in [-0.39, 0.29) is 6.10 Å². The molecule has 1 N–H and O–H groups in total. The summed E-state index contributed by atoms with van der Waals surface area (Å²) in [7, 11) is 0. The number of aliphatic hydroxyl groups is 1. The molecule has 3 aliphatic carbocycles. The Labute approximate surface area is 115 Å². The number of hydrogen-bond acceptors (Lipinski definition) is 2. The van der Waals surface area contributed by atoms with Crippen LogP contribution < -0.4 is 0 Å². The number of hydrogen-bond donors (Lipinski definition) is 1. The zero-order chi connectivity index (χ0) is 12.9. The van der Waals surface area contributed by atoms with Crippen molar-refractivity contribution in [2.75, 3.05) is 0 Å². The number of aliphatic hydroxyl groups excluding tert-OH is 1. The van der Waals surface area contributed by atoms with Gasteiger partial charge in [-0.05, 0) is 50.4 Å². The number of aromatic nitrogens is 2. The molecular formula is C16H24N2O. The first-order valence-electron chi connectivity index (χ1n) is 7.99. The van der Waals surface area contributed by atoms with Gasteiger partial charge < -0.3 is 9.67 Å². The Kier molecular flexibility index (Phi) is 2.73. The lowest BCUT2D eigenvalue weighted by Crippen LogP contribution is -2.38. The second-order valence-corrected chi connectivity index (χ2v) is 6.98. The highest BCUT2D eigenvalue weighted by Gasteiger charge is 2.47. The lowest BCUT2D eigenvalue weighted by atomic mass is 9.68. The van der Waals surface area contributed by atoms with Gasteiger partial charge in [0.2, 0.25) is 0 Å². The minimum absolute atomic E-state index is 0.106. The first-order valence-corrected chi connectivity index (χ1v) is 7.99. The van der Waals surface area contributed by atoms with Crippen molar-refractivity contribution >= 4 is 0 Å². The highest BCUT2D eigenvalue weighted by atomic mass is 16.3. The molecule has 0 bridgehead atoms. The van der Waals surface area contributed by atoms with Crippen LogP contribution in [0.25, 0.3) is 0 Å². The third-order valence-corrected chi connectivity index (χ3v) is 5.75. The highest BCUT2D eigenvalue weighted by molar-refractivity contribution is 5.12. The third kappa shape index (κ3) is 1.94. The van der Waals surface area contributed by atoms with E-state index in [1.807, 2.05) is 6.20 Å². The maximum atomic E-state index is 10.1. The van der Waals surface area contributed by atoms with Crippen LogP contribution in [0.1, 0.15) is 75.6 Å². The Morgan fingerprint density at radius 3 is 2.68 bits per heavy atom. The van der Waals surface area contributed by atoms with E-state index < -0.39 is 0 Å². The molecule has 104 valence electrons. The van der Waals surface area contributed by atoms with Crippen molar-refractivity contribution in [2.45, 2.75) is 75.9 Å². The zero-order valence-electron chi connectivity index (χ0n) is 11.6. The maximum absolute atomic E-state index is 10.1. The van der Waals surface area contributed by atoms with Gasteiger partial charge in [-0.25, -0.2) is 4.98 Å². The monoisotopic (exact) mass is 260 g/mol. The van der Waals surface area contributed by atoms with Crippen molar-refractivity contribution in [1.82, 2.24) is 9.55 Å². The van der Waals surface area contributed by atoms with Crippen LogP contribution >= 0.6 is 0 Å². The fraction of sp³-hybridized carbons (Fsp3) is 0.812. The van der Waals surface area contributed by atoms with Gasteiger partial charge in [-0.1, -0.05) is 12.8 Å². The normalized spacial score (nSPS) is 33.9. The fourth-order valence-corrected chi connectivity index (χ4v) is 4.56. The second-order valence-electron chi connectivity index (χ2n) is 6.98. The molecule has 2 atom stereocenters. The summed E-state index contributed by atoms with van der Waals surface area (Å²) in [5, 5.41) is 10.1. The van der Waals surface area contributed by atoms with E-state index in [0.29, 0.717) is 17.4 Å². The quantitative estimate of drug-likeness (QED) is 0.885. The molecule has 1 spiro atoms. The molecule has 0 radical (unpaired) electrons. The topological polar surface area (TPSA) is 38.0 Å². The number of rotatable bonds is 2. The smallest absolute Gasteiger partial charge is 0.112 e.